The summed E-state index contributed by atoms with van der Waals surface area (Å²) in [7, 11) is 0. The Morgan fingerprint density at radius 3 is 2.62 bits per heavy atom. The maximum atomic E-state index is 12.8. The van der Waals surface area contributed by atoms with Gasteiger partial charge in [-0.05, 0) is 37.5 Å². The number of hydrogen-bond donors (Lipinski definition) is 2. The van der Waals surface area contributed by atoms with E-state index in [1.807, 2.05) is 19.9 Å². The predicted octanol–water partition coefficient (Wildman–Crippen LogP) is 2.15. The molecule has 6 heteroatoms. The number of nitrogens with one attached hydrogen (secondary N) is 1. The Labute approximate surface area is 129 Å². The first-order valence-corrected chi connectivity index (χ1v) is 7.37. The summed E-state index contributed by atoms with van der Waals surface area (Å²) in [5, 5.41) is 3.47. The van der Waals surface area contributed by atoms with Crippen molar-refractivity contribution in [1.29, 1.82) is 0 Å². The molecule has 3 N–H and O–H groups in total. The van der Waals surface area contributed by atoms with E-state index in [-0.39, 0.29) is 18.5 Å². The first-order chi connectivity index (χ1) is 9.87. The van der Waals surface area contributed by atoms with Crippen LogP contribution >= 0.6 is 11.6 Å². The highest BCUT2D eigenvalue weighted by molar-refractivity contribution is 6.31. The van der Waals surface area contributed by atoms with Crippen LogP contribution in [0, 0.1) is 6.92 Å². The molecule has 1 fully saturated rings. The Kier molecular flexibility index (Phi) is 4.25. The second-order valence-electron chi connectivity index (χ2n) is 5.41. The molecular formula is C15H20ClN3O2. The van der Waals surface area contributed by atoms with Gasteiger partial charge in [-0.2, -0.15) is 0 Å². The average molecular weight is 310 g/mol. The number of urea groups is 1. The number of aryl methyl sites for hydroxylation is 1. The lowest BCUT2D eigenvalue weighted by Crippen LogP contribution is -2.46. The molecule has 1 aromatic rings. The quantitative estimate of drug-likeness (QED) is 0.837. The molecule has 1 aliphatic rings. The van der Waals surface area contributed by atoms with Crippen molar-refractivity contribution in [2.45, 2.75) is 38.8 Å². The molecule has 0 aromatic heterocycles. The Balaban J connectivity index is 2.50. The van der Waals surface area contributed by atoms with Crippen LogP contribution in [0.5, 0.6) is 0 Å². The molecule has 1 aliphatic heterocycles. The molecule has 2 unspecified atom stereocenters. The van der Waals surface area contributed by atoms with Gasteiger partial charge in [0.05, 0.1) is 6.04 Å². The Bertz CT molecular complexity index is 590. The average Bonchev–Trinajstić information content (AvgIpc) is 2.73. The summed E-state index contributed by atoms with van der Waals surface area (Å²) in [5.41, 5.74) is 6.18. The number of carbonyl (C=O) groups excluding carboxylic acids is 2. The number of hydrogen-bond acceptors (Lipinski definition) is 3. The van der Waals surface area contributed by atoms with Crippen LogP contribution in [0.25, 0.3) is 0 Å². The van der Waals surface area contributed by atoms with Crippen LogP contribution in [-0.4, -0.2) is 29.4 Å². The molecule has 0 bridgehead atoms. The first-order valence-electron chi connectivity index (χ1n) is 7.00. The van der Waals surface area contributed by atoms with Crippen LogP contribution in [0.4, 0.5) is 4.79 Å². The van der Waals surface area contributed by atoms with E-state index in [0.29, 0.717) is 11.4 Å². The number of benzene rings is 1. The van der Waals surface area contributed by atoms with E-state index in [1.54, 1.807) is 19.1 Å². The van der Waals surface area contributed by atoms with Crippen molar-refractivity contribution in [1.82, 2.24) is 10.2 Å². The monoisotopic (exact) mass is 309 g/mol. The SMILES string of the molecule is CCC1(c2ccc(Cl)c(C)c2)NC(=O)N(C(C)CN)C1=O. The van der Waals surface area contributed by atoms with Crippen molar-refractivity contribution in [2.24, 2.45) is 5.73 Å². The van der Waals surface area contributed by atoms with E-state index in [2.05, 4.69) is 5.32 Å². The van der Waals surface area contributed by atoms with Gasteiger partial charge < -0.3 is 11.1 Å². The number of rotatable bonds is 4. The highest BCUT2D eigenvalue weighted by Gasteiger charge is 2.52. The van der Waals surface area contributed by atoms with Crippen molar-refractivity contribution in [3.63, 3.8) is 0 Å². The molecule has 1 aromatic carbocycles. The van der Waals surface area contributed by atoms with Crippen molar-refractivity contribution < 1.29 is 9.59 Å². The van der Waals surface area contributed by atoms with Gasteiger partial charge in [0.1, 0.15) is 5.54 Å². The molecular weight excluding hydrogens is 290 g/mol. The summed E-state index contributed by atoms with van der Waals surface area (Å²) >= 11 is 6.04. The Hall–Kier alpha value is -1.59. The van der Waals surface area contributed by atoms with E-state index >= 15 is 0 Å². The van der Waals surface area contributed by atoms with Crippen LogP contribution in [0.2, 0.25) is 5.02 Å². The number of nitrogens with two attached hydrogens (primary N) is 1. The molecule has 0 spiro atoms. The molecule has 3 amide bonds. The van der Waals surface area contributed by atoms with Crippen LogP contribution in [0.1, 0.15) is 31.4 Å². The highest BCUT2D eigenvalue weighted by atomic mass is 35.5. The fourth-order valence-electron chi connectivity index (χ4n) is 2.65. The topological polar surface area (TPSA) is 75.4 Å². The molecule has 5 nitrogen and oxygen atoms in total. The normalized spacial score (nSPS) is 23.4. The summed E-state index contributed by atoms with van der Waals surface area (Å²) in [6.45, 7) is 5.74. The van der Waals surface area contributed by atoms with Gasteiger partial charge in [-0.3, -0.25) is 9.69 Å². The minimum atomic E-state index is -1.03. The van der Waals surface area contributed by atoms with Crippen LogP contribution < -0.4 is 11.1 Å². The maximum Gasteiger partial charge on any atom is 0.325 e. The van der Waals surface area contributed by atoms with Crippen molar-refractivity contribution in [3.05, 3.63) is 34.3 Å². The van der Waals surface area contributed by atoms with E-state index in [0.717, 1.165) is 11.1 Å². The zero-order valence-electron chi connectivity index (χ0n) is 12.4. The van der Waals surface area contributed by atoms with Crippen LogP contribution in [0.15, 0.2) is 18.2 Å². The standard InChI is InChI=1S/C15H20ClN3O2/c1-4-15(11-5-6-12(16)9(2)7-11)13(20)19(10(3)8-17)14(21)18-15/h5-7,10H,4,8,17H2,1-3H3,(H,18,21). The summed E-state index contributed by atoms with van der Waals surface area (Å²) in [6.07, 6.45) is 0.465. The van der Waals surface area contributed by atoms with Gasteiger partial charge in [-0.1, -0.05) is 30.7 Å². The zero-order chi connectivity index (χ0) is 15.8. The van der Waals surface area contributed by atoms with Gasteiger partial charge in [0, 0.05) is 11.6 Å². The molecule has 21 heavy (non-hydrogen) atoms. The second kappa shape index (κ2) is 5.66. The summed E-state index contributed by atoms with van der Waals surface area (Å²) < 4.78 is 0. The molecule has 1 saturated heterocycles. The Morgan fingerprint density at radius 1 is 1.43 bits per heavy atom. The predicted molar refractivity (Wildman–Crippen MR) is 82.1 cm³/mol. The maximum absolute atomic E-state index is 12.8. The van der Waals surface area contributed by atoms with Gasteiger partial charge in [-0.25, -0.2) is 4.79 Å². The molecule has 0 aliphatic carbocycles. The van der Waals surface area contributed by atoms with Gasteiger partial charge >= 0.3 is 6.03 Å². The fraction of sp³-hybridized carbons (Fsp3) is 0.467. The molecule has 0 saturated carbocycles. The minimum Gasteiger partial charge on any atom is -0.328 e. The number of imide groups is 1. The first kappa shape index (κ1) is 15.8. The summed E-state index contributed by atoms with van der Waals surface area (Å²) in [6, 6.07) is 4.65. The number of nitrogens with zero attached hydrogens (tertiary/aromatic N) is 1. The van der Waals surface area contributed by atoms with E-state index < -0.39 is 11.6 Å². The van der Waals surface area contributed by atoms with Crippen LogP contribution in [0.3, 0.4) is 0 Å². The largest absolute Gasteiger partial charge is 0.328 e. The fourth-order valence-corrected chi connectivity index (χ4v) is 2.77. The van der Waals surface area contributed by atoms with E-state index in [4.69, 9.17) is 17.3 Å². The number of amides is 3. The molecule has 2 rings (SSSR count). The lowest BCUT2D eigenvalue weighted by Gasteiger charge is -2.27. The lowest BCUT2D eigenvalue weighted by atomic mass is 9.86. The van der Waals surface area contributed by atoms with Gasteiger partial charge in [0.25, 0.3) is 5.91 Å². The van der Waals surface area contributed by atoms with E-state index in [9.17, 15) is 9.59 Å². The highest BCUT2D eigenvalue weighted by Crippen LogP contribution is 2.34. The molecule has 2 atom stereocenters. The number of carbonyl (C=O) groups is 2. The third-order valence-corrected chi connectivity index (χ3v) is 4.51. The van der Waals surface area contributed by atoms with Gasteiger partial charge in [0.2, 0.25) is 0 Å². The minimum absolute atomic E-state index is 0.235. The lowest BCUT2D eigenvalue weighted by molar-refractivity contribution is -0.133. The third kappa shape index (κ3) is 2.40. The summed E-state index contributed by atoms with van der Waals surface area (Å²) in [5.74, 6) is -0.255. The smallest absolute Gasteiger partial charge is 0.325 e. The van der Waals surface area contributed by atoms with Crippen molar-refractivity contribution in [2.75, 3.05) is 6.54 Å². The molecule has 1 heterocycles. The Morgan fingerprint density at radius 2 is 2.10 bits per heavy atom. The zero-order valence-corrected chi connectivity index (χ0v) is 13.2. The van der Waals surface area contributed by atoms with Gasteiger partial charge in [0.15, 0.2) is 0 Å². The summed E-state index contributed by atoms with van der Waals surface area (Å²) in [4.78, 5) is 26.2. The van der Waals surface area contributed by atoms with Gasteiger partial charge in [-0.15, -0.1) is 0 Å². The van der Waals surface area contributed by atoms with Crippen molar-refractivity contribution in [3.8, 4) is 0 Å². The second-order valence-corrected chi connectivity index (χ2v) is 5.82. The van der Waals surface area contributed by atoms with Crippen molar-refractivity contribution >= 4 is 23.5 Å². The van der Waals surface area contributed by atoms with E-state index in [1.165, 1.54) is 4.90 Å². The van der Waals surface area contributed by atoms with Crippen LogP contribution in [-0.2, 0) is 10.3 Å². The molecule has 114 valence electrons. The molecule has 0 radical (unpaired) electrons. The third-order valence-electron chi connectivity index (χ3n) is 4.09. The number of halogens is 1.